The van der Waals surface area contributed by atoms with Crippen molar-refractivity contribution in [1.82, 2.24) is 14.8 Å². The van der Waals surface area contributed by atoms with E-state index in [2.05, 4.69) is 16.5 Å². The molecule has 1 fully saturated rings. The Labute approximate surface area is 222 Å². The van der Waals surface area contributed by atoms with Crippen LogP contribution < -0.4 is 4.90 Å². The molecule has 2 aromatic carbocycles. The summed E-state index contributed by atoms with van der Waals surface area (Å²) >= 11 is 6.20. The van der Waals surface area contributed by atoms with Crippen LogP contribution in [0.25, 0.3) is 12.2 Å². The Balaban J connectivity index is 1.50. The number of H-pyrrole nitrogens is 1. The van der Waals surface area contributed by atoms with Gasteiger partial charge in [0.2, 0.25) is 5.91 Å². The molecule has 7 heteroatoms. The Hall–Kier alpha value is -3.77. The molecule has 2 unspecified atom stereocenters. The van der Waals surface area contributed by atoms with E-state index in [1.807, 2.05) is 78.7 Å². The highest BCUT2D eigenvalue weighted by Crippen LogP contribution is 2.45. The first-order valence-electron chi connectivity index (χ1n) is 12.6. The van der Waals surface area contributed by atoms with Crippen LogP contribution in [0.1, 0.15) is 51.6 Å². The van der Waals surface area contributed by atoms with E-state index in [0.29, 0.717) is 36.8 Å². The number of allylic oxidation sites excluding steroid dienone is 1. The largest absolute Gasteiger partial charge is 0.368 e. The van der Waals surface area contributed by atoms with Crippen molar-refractivity contribution in [3.63, 3.8) is 0 Å². The number of hydrogen-bond acceptors (Lipinski definition) is 3. The standard InChI is InChI=1S/C30H31ClN4O2/c1-4-9-26-22(5-2)25(19-32-26)28-27(23-12-6-7-13-24(23)29(36)33(28)3)30(37)35-16-14-34(15-17-35)21-11-8-10-20(31)18-21/h4-13,18-19,27-28,32H,2,14-17H2,1,3H3/b9-4-. The number of nitrogens with zero attached hydrogens (tertiary/aromatic N) is 3. The summed E-state index contributed by atoms with van der Waals surface area (Å²) in [6.45, 7) is 8.60. The van der Waals surface area contributed by atoms with Gasteiger partial charge in [0.25, 0.3) is 5.91 Å². The molecule has 2 atom stereocenters. The van der Waals surface area contributed by atoms with Crippen LogP contribution in [0.4, 0.5) is 5.69 Å². The Bertz CT molecular complexity index is 1370. The molecule has 5 rings (SSSR count). The normalized spacial score (nSPS) is 19.9. The lowest BCUT2D eigenvalue weighted by Crippen LogP contribution is -2.53. The lowest BCUT2D eigenvalue weighted by Gasteiger charge is -2.43. The minimum atomic E-state index is -0.524. The number of anilines is 1. The summed E-state index contributed by atoms with van der Waals surface area (Å²) in [7, 11) is 1.79. The Morgan fingerprint density at radius 3 is 2.54 bits per heavy atom. The molecule has 0 aliphatic carbocycles. The van der Waals surface area contributed by atoms with E-state index < -0.39 is 12.0 Å². The van der Waals surface area contributed by atoms with E-state index in [9.17, 15) is 9.59 Å². The van der Waals surface area contributed by atoms with Crippen molar-refractivity contribution >= 4 is 41.3 Å². The van der Waals surface area contributed by atoms with Crippen LogP contribution in [0.15, 0.2) is 67.4 Å². The van der Waals surface area contributed by atoms with E-state index in [1.165, 1.54) is 0 Å². The van der Waals surface area contributed by atoms with Crippen LogP contribution in [-0.2, 0) is 4.79 Å². The maximum Gasteiger partial charge on any atom is 0.254 e. The molecule has 1 saturated heterocycles. The van der Waals surface area contributed by atoms with Gasteiger partial charge < -0.3 is 19.7 Å². The molecule has 0 radical (unpaired) electrons. The fourth-order valence-corrected chi connectivity index (χ4v) is 5.81. The second kappa shape index (κ2) is 10.3. The van der Waals surface area contributed by atoms with Crippen molar-refractivity contribution in [3.8, 4) is 0 Å². The van der Waals surface area contributed by atoms with Crippen molar-refractivity contribution in [1.29, 1.82) is 0 Å². The van der Waals surface area contributed by atoms with Gasteiger partial charge in [-0.05, 0) is 42.8 Å². The zero-order valence-corrected chi connectivity index (χ0v) is 21.9. The monoisotopic (exact) mass is 514 g/mol. The third-order valence-corrected chi connectivity index (χ3v) is 7.69. The number of halogens is 1. The average Bonchev–Trinajstić information content (AvgIpc) is 3.32. The number of benzene rings is 2. The van der Waals surface area contributed by atoms with Crippen molar-refractivity contribution in [2.45, 2.75) is 18.9 Å². The molecule has 190 valence electrons. The van der Waals surface area contributed by atoms with Gasteiger partial charge in [0.05, 0.1) is 12.0 Å². The molecule has 6 nitrogen and oxygen atoms in total. The van der Waals surface area contributed by atoms with Crippen LogP contribution in [0.5, 0.6) is 0 Å². The van der Waals surface area contributed by atoms with Gasteiger partial charge in [0.1, 0.15) is 0 Å². The van der Waals surface area contributed by atoms with Gasteiger partial charge in [-0.15, -0.1) is 0 Å². The van der Waals surface area contributed by atoms with E-state index in [-0.39, 0.29) is 11.8 Å². The van der Waals surface area contributed by atoms with Gasteiger partial charge >= 0.3 is 0 Å². The van der Waals surface area contributed by atoms with E-state index in [1.54, 1.807) is 18.0 Å². The highest BCUT2D eigenvalue weighted by atomic mass is 35.5. The van der Waals surface area contributed by atoms with Crippen LogP contribution in [0, 0.1) is 0 Å². The summed E-state index contributed by atoms with van der Waals surface area (Å²) in [4.78, 5) is 36.9. The molecule has 2 aliphatic rings. The molecule has 1 aromatic heterocycles. The average molecular weight is 515 g/mol. The Morgan fingerprint density at radius 1 is 1.08 bits per heavy atom. The highest BCUT2D eigenvalue weighted by Gasteiger charge is 2.45. The summed E-state index contributed by atoms with van der Waals surface area (Å²) in [6, 6.07) is 14.9. The number of amides is 2. The van der Waals surface area contributed by atoms with Gasteiger partial charge in [-0.1, -0.05) is 54.6 Å². The summed E-state index contributed by atoms with van der Waals surface area (Å²) < 4.78 is 0. The molecule has 0 bridgehead atoms. The Kier molecular flexibility index (Phi) is 6.94. The Morgan fingerprint density at radius 2 is 1.84 bits per heavy atom. The number of carbonyl (C=O) groups excluding carboxylic acids is 2. The number of likely N-dealkylation sites (N-methyl/N-ethyl adjacent to an activating group) is 1. The van der Waals surface area contributed by atoms with E-state index >= 15 is 0 Å². The van der Waals surface area contributed by atoms with Crippen LogP contribution >= 0.6 is 11.6 Å². The van der Waals surface area contributed by atoms with E-state index in [0.717, 1.165) is 28.1 Å². The molecular formula is C30H31ClN4O2. The molecule has 3 aromatic rings. The number of aromatic nitrogens is 1. The van der Waals surface area contributed by atoms with E-state index in [4.69, 9.17) is 11.6 Å². The zero-order chi connectivity index (χ0) is 26.1. The molecule has 0 saturated carbocycles. The first-order valence-corrected chi connectivity index (χ1v) is 12.9. The van der Waals surface area contributed by atoms with Gasteiger partial charge in [0.15, 0.2) is 0 Å². The number of hydrogen-bond donors (Lipinski definition) is 1. The highest BCUT2D eigenvalue weighted by molar-refractivity contribution is 6.30. The topological polar surface area (TPSA) is 59.7 Å². The van der Waals surface area contributed by atoms with Crippen LogP contribution in [0.3, 0.4) is 0 Å². The molecule has 2 amide bonds. The van der Waals surface area contributed by atoms with Gasteiger partial charge in [0, 0.05) is 72.5 Å². The fraction of sp³-hybridized carbons (Fsp3) is 0.267. The van der Waals surface area contributed by atoms with Crippen LogP contribution in [0.2, 0.25) is 5.02 Å². The van der Waals surface area contributed by atoms with Crippen molar-refractivity contribution < 1.29 is 9.59 Å². The zero-order valence-electron chi connectivity index (χ0n) is 21.2. The predicted molar refractivity (Wildman–Crippen MR) is 150 cm³/mol. The lowest BCUT2D eigenvalue weighted by molar-refractivity contribution is -0.134. The molecule has 2 aliphatic heterocycles. The molecule has 37 heavy (non-hydrogen) atoms. The van der Waals surface area contributed by atoms with Crippen molar-refractivity contribution in [2.75, 3.05) is 38.1 Å². The molecule has 3 heterocycles. The first kappa shape index (κ1) is 24.9. The molecule has 0 spiro atoms. The summed E-state index contributed by atoms with van der Waals surface area (Å²) in [6.07, 6.45) is 7.64. The predicted octanol–water partition coefficient (Wildman–Crippen LogP) is 5.60. The molecular weight excluding hydrogens is 484 g/mol. The number of carbonyl (C=O) groups is 2. The summed E-state index contributed by atoms with van der Waals surface area (Å²) in [5, 5.41) is 0.701. The minimum absolute atomic E-state index is 0.0336. The third-order valence-electron chi connectivity index (χ3n) is 7.45. The maximum atomic E-state index is 14.3. The number of piperazine rings is 1. The second-order valence-corrected chi connectivity index (χ2v) is 9.93. The SMILES string of the molecule is C=Cc1c(C2C(C(=O)N3CCN(c4cccc(Cl)c4)CC3)c3ccccc3C(=O)N2C)c[nH]c1/C=C\C. The van der Waals surface area contributed by atoms with Crippen molar-refractivity contribution in [2.24, 2.45) is 0 Å². The third kappa shape index (κ3) is 4.46. The quantitative estimate of drug-likeness (QED) is 0.482. The summed E-state index contributed by atoms with van der Waals surface area (Å²) in [5.41, 5.74) is 5.14. The second-order valence-electron chi connectivity index (χ2n) is 9.49. The number of nitrogens with one attached hydrogen (secondary N) is 1. The lowest BCUT2D eigenvalue weighted by atomic mass is 9.78. The smallest absolute Gasteiger partial charge is 0.254 e. The first-order chi connectivity index (χ1) is 17.9. The van der Waals surface area contributed by atoms with Crippen molar-refractivity contribution in [3.05, 3.63) is 100 Å². The number of rotatable bonds is 5. The van der Waals surface area contributed by atoms with Gasteiger partial charge in [-0.25, -0.2) is 0 Å². The van der Waals surface area contributed by atoms with Crippen LogP contribution in [-0.4, -0.2) is 59.8 Å². The fourth-order valence-electron chi connectivity index (χ4n) is 5.63. The number of fused-ring (bicyclic) bond motifs is 1. The van der Waals surface area contributed by atoms with Gasteiger partial charge in [-0.3, -0.25) is 9.59 Å². The minimum Gasteiger partial charge on any atom is -0.368 e. The summed E-state index contributed by atoms with van der Waals surface area (Å²) in [5.74, 6) is -0.574. The number of aromatic amines is 1. The van der Waals surface area contributed by atoms with Gasteiger partial charge in [-0.2, -0.15) is 0 Å². The molecule has 1 N–H and O–H groups in total. The maximum absolute atomic E-state index is 14.3.